The predicted molar refractivity (Wildman–Crippen MR) is 119 cm³/mol. The molecular formula is C26H28N3O3+. The van der Waals surface area contributed by atoms with E-state index in [-0.39, 0.29) is 29.6 Å². The van der Waals surface area contributed by atoms with Crippen LogP contribution in [-0.4, -0.2) is 52.5 Å². The number of imide groups is 1. The molecule has 164 valence electrons. The summed E-state index contributed by atoms with van der Waals surface area (Å²) in [6.07, 6.45) is 3.74. The molecule has 2 aromatic carbocycles. The van der Waals surface area contributed by atoms with Crippen molar-refractivity contribution >= 4 is 23.6 Å². The lowest BCUT2D eigenvalue weighted by atomic mass is 9.81. The third-order valence-electron chi connectivity index (χ3n) is 6.95. The number of nitrogens with zero attached hydrogens (tertiary/aromatic N) is 2. The van der Waals surface area contributed by atoms with Crippen LogP contribution in [0.15, 0.2) is 60.7 Å². The van der Waals surface area contributed by atoms with Crippen LogP contribution in [0.3, 0.4) is 0 Å². The van der Waals surface area contributed by atoms with E-state index in [4.69, 9.17) is 0 Å². The lowest BCUT2D eigenvalue weighted by Crippen LogP contribution is -2.71. The van der Waals surface area contributed by atoms with E-state index in [9.17, 15) is 14.4 Å². The van der Waals surface area contributed by atoms with E-state index in [0.29, 0.717) is 19.5 Å². The van der Waals surface area contributed by atoms with Crippen LogP contribution in [-0.2, 0) is 20.8 Å². The molecule has 2 aromatic rings. The van der Waals surface area contributed by atoms with Gasteiger partial charge in [-0.2, -0.15) is 4.90 Å². The molecule has 1 aliphatic carbocycles. The first-order valence-electron chi connectivity index (χ1n) is 11.5. The number of hydrogen-bond donors (Lipinski definition) is 1. The van der Waals surface area contributed by atoms with E-state index in [1.165, 1.54) is 4.90 Å². The summed E-state index contributed by atoms with van der Waals surface area (Å²) in [5, 5.41) is 0. The monoisotopic (exact) mass is 430 g/mol. The molecule has 2 fully saturated rings. The number of amidine groups is 1. The number of carbonyl (C=O) groups is 3. The van der Waals surface area contributed by atoms with E-state index in [0.717, 1.165) is 42.6 Å². The number of amides is 3. The van der Waals surface area contributed by atoms with Crippen molar-refractivity contribution in [2.24, 2.45) is 11.8 Å². The van der Waals surface area contributed by atoms with Crippen molar-refractivity contribution in [3.05, 3.63) is 71.8 Å². The Kier molecular flexibility index (Phi) is 5.60. The molecule has 1 saturated carbocycles. The molecule has 5 rings (SSSR count). The second kappa shape index (κ2) is 8.69. The summed E-state index contributed by atoms with van der Waals surface area (Å²) in [6, 6.07) is 18.6. The van der Waals surface area contributed by atoms with E-state index in [2.05, 4.69) is 4.99 Å². The van der Waals surface area contributed by atoms with Crippen molar-refractivity contribution < 1.29 is 19.4 Å². The minimum absolute atomic E-state index is 0.164. The van der Waals surface area contributed by atoms with Crippen molar-refractivity contribution in [2.45, 2.75) is 38.1 Å². The Morgan fingerprint density at radius 1 is 0.906 bits per heavy atom. The Balaban J connectivity index is 1.49. The van der Waals surface area contributed by atoms with E-state index in [1.807, 2.05) is 60.7 Å². The molecule has 0 spiro atoms. The summed E-state index contributed by atoms with van der Waals surface area (Å²) >= 11 is 0. The minimum atomic E-state index is -0.832. The number of nitrogens with one attached hydrogen (secondary N) is 1. The molecule has 3 atom stereocenters. The minimum Gasteiger partial charge on any atom is -0.274 e. The predicted octanol–water partition coefficient (Wildman–Crippen LogP) is 1.14. The highest BCUT2D eigenvalue weighted by atomic mass is 16.2. The van der Waals surface area contributed by atoms with Gasteiger partial charge in [0, 0.05) is 6.42 Å². The number of benzene rings is 2. The molecule has 6 nitrogen and oxygen atoms in total. The van der Waals surface area contributed by atoms with Crippen molar-refractivity contribution in [2.75, 3.05) is 13.1 Å². The Morgan fingerprint density at radius 3 is 2.12 bits per heavy atom. The summed E-state index contributed by atoms with van der Waals surface area (Å²) in [5.74, 6) is -0.318. The summed E-state index contributed by atoms with van der Waals surface area (Å²) in [7, 11) is 0. The topological polar surface area (TPSA) is 71.7 Å². The molecule has 2 heterocycles. The molecule has 0 bridgehead atoms. The number of rotatable bonds is 5. The molecule has 0 radical (unpaired) electrons. The first-order valence-corrected chi connectivity index (χ1v) is 11.5. The number of hydrogen-bond acceptors (Lipinski definition) is 3. The second-order valence-corrected chi connectivity index (χ2v) is 8.88. The van der Waals surface area contributed by atoms with Gasteiger partial charge in [0.25, 0.3) is 5.84 Å². The Hall–Kier alpha value is -3.28. The van der Waals surface area contributed by atoms with Crippen LogP contribution < -0.4 is 4.99 Å². The van der Waals surface area contributed by atoms with E-state index in [1.54, 1.807) is 4.90 Å². The van der Waals surface area contributed by atoms with Gasteiger partial charge in [-0.1, -0.05) is 61.4 Å². The first kappa shape index (κ1) is 20.6. The summed E-state index contributed by atoms with van der Waals surface area (Å²) in [5.41, 5.74) is 1.86. The first-order chi connectivity index (χ1) is 15.6. The molecule has 0 aromatic heterocycles. The maximum absolute atomic E-state index is 13.9. The number of likely N-dealkylation sites (tertiary alicyclic amines) is 1. The molecule has 2 aliphatic heterocycles. The normalized spacial score (nSPS) is 23.8. The quantitative estimate of drug-likeness (QED) is 0.724. The zero-order chi connectivity index (χ0) is 22.1. The fourth-order valence-electron chi connectivity index (χ4n) is 5.37. The van der Waals surface area contributed by atoms with Crippen LogP contribution in [0.25, 0.3) is 0 Å². The molecule has 3 amide bonds. The van der Waals surface area contributed by atoms with Gasteiger partial charge >= 0.3 is 5.91 Å². The Morgan fingerprint density at radius 2 is 1.50 bits per heavy atom. The smallest absolute Gasteiger partial charge is 0.274 e. The molecule has 1 saturated heterocycles. The van der Waals surface area contributed by atoms with Crippen molar-refractivity contribution in [3.8, 4) is 0 Å². The van der Waals surface area contributed by atoms with Gasteiger partial charge in [0.05, 0.1) is 17.4 Å². The van der Waals surface area contributed by atoms with Crippen molar-refractivity contribution in [3.63, 3.8) is 0 Å². The van der Waals surface area contributed by atoms with Crippen LogP contribution >= 0.6 is 0 Å². The Bertz CT molecular complexity index is 1030. The fraction of sp³-hybridized carbons (Fsp3) is 0.385. The van der Waals surface area contributed by atoms with Crippen LogP contribution in [0.2, 0.25) is 0 Å². The van der Waals surface area contributed by atoms with Gasteiger partial charge in [0.15, 0.2) is 0 Å². The fourth-order valence-corrected chi connectivity index (χ4v) is 5.37. The molecule has 3 aliphatic rings. The van der Waals surface area contributed by atoms with E-state index >= 15 is 0 Å². The molecule has 6 heteroatoms. The highest BCUT2D eigenvalue weighted by Crippen LogP contribution is 2.39. The second-order valence-electron chi connectivity index (χ2n) is 8.88. The molecule has 1 N–H and O–H groups in total. The Labute approximate surface area is 187 Å². The number of fused-ring (bicyclic) bond motifs is 1. The molecule has 0 unspecified atom stereocenters. The maximum atomic E-state index is 13.9. The summed E-state index contributed by atoms with van der Waals surface area (Å²) in [4.78, 5) is 47.0. The van der Waals surface area contributed by atoms with Gasteiger partial charge in [0.2, 0.25) is 11.8 Å². The SMILES string of the molecule is O=C([C@H](Cc1ccccc1)N1C(=O)[C@H]2CCCC[C@H]2C1=O)N1CC[NH+]=C1c1ccccc1. The molecule has 32 heavy (non-hydrogen) atoms. The molecular weight excluding hydrogens is 402 g/mol. The van der Waals surface area contributed by atoms with Crippen molar-refractivity contribution in [1.29, 1.82) is 0 Å². The van der Waals surface area contributed by atoms with Gasteiger partial charge in [0.1, 0.15) is 19.1 Å². The van der Waals surface area contributed by atoms with Gasteiger partial charge in [-0.3, -0.25) is 19.5 Å². The zero-order valence-corrected chi connectivity index (χ0v) is 18.1. The third-order valence-corrected chi connectivity index (χ3v) is 6.95. The standard InChI is InChI=1S/C26H27N3O3/c30-24-20-13-7-8-14-21(20)25(31)29(24)22(17-18-9-3-1-4-10-18)26(32)28-16-15-27-23(28)19-11-5-2-6-12-19/h1-6,9-12,20-22H,7-8,13-17H2/p+1/t20-,21+,22-/m0/s1. The highest BCUT2D eigenvalue weighted by Gasteiger charge is 2.54. The summed E-state index contributed by atoms with van der Waals surface area (Å²) in [6.45, 7) is 1.15. The lowest BCUT2D eigenvalue weighted by molar-refractivity contribution is -0.444. The number of carbonyl (C=O) groups excluding carboxylic acids is 3. The van der Waals surface area contributed by atoms with Gasteiger partial charge < -0.3 is 0 Å². The van der Waals surface area contributed by atoms with Gasteiger partial charge in [-0.15, -0.1) is 0 Å². The highest BCUT2D eigenvalue weighted by molar-refractivity contribution is 6.12. The van der Waals surface area contributed by atoms with Crippen LogP contribution in [0.4, 0.5) is 0 Å². The third kappa shape index (κ3) is 3.64. The maximum Gasteiger partial charge on any atom is 0.333 e. The largest absolute Gasteiger partial charge is 0.333 e. The van der Waals surface area contributed by atoms with Crippen molar-refractivity contribution in [1.82, 2.24) is 9.80 Å². The average molecular weight is 431 g/mol. The van der Waals surface area contributed by atoms with Crippen LogP contribution in [0.5, 0.6) is 0 Å². The van der Waals surface area contributed by atoms with Crippen LogP contribution in [0.1, 0.15) is 36.8 Å². The van der Waals surface area contributed by atoms with Crippen LogP contribution in [0, 0.1) is 11.8 Å². The van der Waals surface area contributed by atoms with Gasteiger partial charge in [-0.05, 0) is 30.5 Å². The van der Waals surface area contributed by atoms with Gasteiger partial charge in [-0.25, -0.2) is 4.79 Å². The average Bonchev–Trinajstić information content (AvgIpc) is 3.42. The van der Waals surface area contributed by atoms with E-state index < -0.39 is 6.04 Å². The zero-order valence-electron chi connectivity index (χ0n) is 18.1. The lowest BCUT2D eigenvalue weighted by Gasteiger charge is -2.27. The summed E-state index contributed by atoms with van der Waals surface area (Å²) < 4.78 is 0.